The van der Waals surface area contributed by atoms with Crippen molar-refractivity contribution in [1.82, 2.24) is 15.1 Å². The minimum atomic E-state index is -0.881. The number of hydrogen-bond acceptors (Lipinski definition) is 4. The number of rotatable bonds is 5. The van der Waals surface area contributed by atoms with Crippen molar-refractivity contribution in [2.24, 2.45) is 5.92 Å². The van der Waals surface area contributed by atoms with Gasteiger partial charge in [-0.3, -0.25) is 9.11 Å². The molecule has 0 aromatic carbocycles. The second-order valence-corrected chi connectivity index (χ2v) is 7.94. The maximum atomic E-state index is 12.3. The third-order valence-corrected chi connectivity index (χ3v) is 5.25. The number of carbonyl (C=O) groups is 1. The first-order chi connectivity index (χ1) is 10.5. The molecule has 2 unspecified atom stereocenters. The molecule has 2 heterocycles. The first kappa shape index (κ1) is 17.7. The normalized spacial score (nSPS) is 26.5. The predicted molar refractivity (Wildman–Crippen MR) is 88.5 cm³/mol. The Hall–Kier alpha value is -0.660. The van der Waals surface area contributed by atoms with Crippen molar-refractivity contribution < 1.29 is 13.7 Å². The second-order valence-electron chi connectivity index (χ2n) is 6.46. The largest absolute Gasteiger partial charge is 0.379 e. The lowest BCUT2D eigenvalue weighted by molar-refractivity contribution is 0.0248. The summed E-state index contributed by atoms with van der Waals surface area (Å²) in [6.07, 6.45) is 3.92. The van der Waals surface area contributed by atoms with Gasteiger partial charge in [-0.2, -0.15) is 0 Å². The highest BCUT2D eigenvalue weighted by Crippen LogP contribution is 2.18. The van der Waals surface area contributed by atoms with Crippen LogP contribution in [0.2, 0.25) is 0 Å². The summed E-state index contributed by atoms with van der Waals surface area (Å²) in [5.41, 5.74) is 0. The Morgan fingerprint density at radius 2 is 2.09 bits per heavy atom. The van der Waals surface area contributed by atoms with Crippen molar-refractivity contribution >= 4 is 16.8 Å². The molecule has 2 saturated heterocycles. The van der Waals surface area contributed by atoms with E-state index >= 15 is 0 Å². The third kappa shape index (κ3) is 5.85. The SMILES string of the molecule is CC(CS(C)=O)NC(=O)N1CCC[C@H](CN2CCOCC2)C1. The number of morpholine rings is 1. The lowest BCUT2D eigenvalue weighted by Crippen LogP contribution is -2.51. The molecule has 2 aliphatic rings. The summed E-state index contributed by atoms with van der Waals surface area (Å²) in [6, 6.07) is -0.0532. The minimum absolute atomic E-state index is 0.00960. The van der Waals surface area contributed by atoms with Crippen LogP contribution < -0.4 is 5.32 Å². The van der Waals surface area contributed by atoms with Crippen molar-refractivity contribution in [3.63, 3.8) is 0 Å². The molecule has 2 aliphatic heterocycles. The van der Waals surface area contributed by atoms with E-state index in [0.717, 1.165) is 52.4 Å². The molecular formula is C15H29N3O3S. The Morgan fingerprint density at radius 1 is 1.36 bits per heavy atom. The van der Waals surface area contributed by atoms with Gasteiger partial charge in [0.1, 0.15) is 0 Å². The summed E-state index contributed by atoms with van der Waals surface area (Å²) in [4.78, 5) is 16.7. The topological polar surface area (TPSA) is 61.9 Å². The number of carbonyl (C=O) groups excluding carboxylic acids is 1. The van der Waals surface area contributed by atoms with Crippen molar-refractivity contribution in [3.05, 3.63) is 0 Å². The molecule has 0 radical (unpaired) electrons. The van der Waals surface area contributed by atoms with Crippen LogP contribution in [0.4, 0.5) is 4.79 Å². The van der Waals surface area contributed by atoms with E-state index in [0.29, 0.717) is 11.7 Å². The third-order valence-electron chi connectivity index (χ3n) is 4.28. The van der Waals surface area contributed by atoms with Gasteiger partial charge in [0.25, 0.3) is 0 Å². The van der Waals surface area contributed by atoms with Crippen LogP contribution in [0.5, 0.6) is 0 Å². The fraction of sp³-hybridized carbons (Fsp3) is 0.933. The Balaban J connectivity index is 1.76. The van der Waals surface area contributed by atoms with Gasteiger partial charge in [-0.15, -0.1) is 0 Å². The van der Waals surface area contributed by atoms with Crippen LogP contribution in [0.1, 0.15) is 19.8 Å². The van der Waals surface area contributed by atoms with E-state index in [1.807, 2.05) is 11.8 Å². The van der Waals surface area contributed by atoms with E-state index in [-0.39, 0.29) is 12.1 Å². The molecule has 2 rings (SSSR count). The van der Waals surface area contributed by atoms with Crippen molar-refractivity contribution in [2.45, 2.75) is 25.8 Å². The summed E-state index contributed by atoms with van der Waals surface area (Å²) in [6.45, 7) is 8.27. The van der Waals surface area contributed by atoms with E-state index in [4.69, 9.17) is 4.74 Å². The molecular weight excluding hydrogens is 302 g/mol. The van der Waals surface area contributed by atoms with Gasteiger partial charge in [0, 0.05) is 61.6 Å². The smallest absolute Gasteiger partial charge is 0.317 e. The summed E-state index contributed by atoms with van der Waals surface area (Å²) in [5.74, 6) is 1.06. The van der Waals surface area contributed by atoms with Crippen LogP contribution >= 0.6 is 0 Å². The van der Waals surface area contributed by atoms with Crippen molar-refractivity contribution in [1.29, 1.82) is 0 Å². The molecule has 128 valence electrons. The Kier molecular flexibility index (Phi) is 7.11. The fourth-order valence-electron chi connectivity index (χ4n) is 3.24. The lowest BCUT2D eigenvalue weighted by Gasteiger charge is -2.37. The summed E-state index contributed by atoms with van der Waals surface area (Å²) < 4.78 is 16.6. The molecule has 0 aromatic heterocycles. The number of nitrogens with zero attached hydrogens (tertiary/aromatic N) is 2. The van der Waals surface area contributed by atoms with E-state index in [1.54, 1.807) is 6.26 Å². The Bertz CT molecular complexity index is 388. The zero-order valence-electron chi connectivity index (χ0n) is 13.8. The average Bonchev–Trinajstić information content (AvgIpc) is 2.47. The van der Waals surface area contributed by atoms with Crippen molar-refractivity contribution in [2.75, 3.05) is 57.9 Å². The molecule has 2 fully saturated rings. The van der Waals surface area contributed by atoms with Crippen LogP contribution in [0.3, 0.4) is 0 Å². The number of amides is 2. The molecule has 3 atom stereocenters. The van der Waals surface area contributed by atoms with Crippen LogP contribution in [0.25, 0.3) is 0 Å². The highest BCUT2D eigenvalue weighted by atomic mass is 32.2. The van der Waals surface area contributed by atoms with Crippen LogP contribution in [0, 0.1) is 5.92 Å². The highest BCUT2D eigenvalue weighted by Gasteiger charge is 2.26. The van der Waals surface area contributed by atoms with Gasteiger partial charge in [-0.1, -0.05) is 0 Å². The first-order valence-corrected chi connectivity index (χ1v) is 9.93. The molecule has 0 aromatic rings. The van der Waals surface area contributed by atoms with E-state index in [9.17, 15) is 9.00 Å². The van der Waals surface area contributed by atoms with Gasteiger partial charge in [-0.05, 0) is 25.7 Å². The maximum Gasteiger partial charge on any atom is 0.317 e. The Labute approximate surface area is 136 Å². The number of urea groups is 1. The van der Waals surface area contributed by atoms with E-state index in [1.165, 1.54) is 6.42 Å². The van der Waals surface area contributed by atoms with Crippen LogP contribution in [-0.2, 0) is 15.5 Å². The maximum absolute atomic E-state index is 12.3. The molecule has 1 N–H and O–H groups in total. The van der Waals surface area contributed by atoms with Crippen molar-refractivity contribution in [3.8, 4) is 0 Å². The first-order valence-electron chi connectivity index (χ1n) is 8.20. The molecule has 0 bridgehead atoms. The molecule has 0 saturated carbocycles. The van der Waals surface area contributed by atoms with Crippen LogP contribution in [-0.4, -0.2) is 84.0 Å². The molecule has 22 heavy (non-hydrogen) atoms. The molecule has 7 heteroatoms. The molecule has 6 nitrogen and oxygen atoms in total. The zero-order chi connectivity index (χ0) is 15.9. The number of hydrogen-bond donors (Lipinski definition) is 1. The fourth-order valence-corrected chi connectivity index (χ4v) is 4.03. The molecule has 0 aliphatic carbocycles. The minimum Gasteiger partial charge on any atom is -0.379 e. The molecule has 0 spiro atoms. The number of nitrogens with one attached hydrogen (secondary N) is 1. The summed E-state index contributed by atoms with van der Waals surface area (Å²) in [7, 11) is -0.881. The van der Waals surface area contributed by atoms with Gasteiger partial charge in [0.05, 0.1) is 13.2 Å². The zero-order valence-corrected chi connectivity index (χ0v) is 14.6. The standard InChI is InChI=1S/C15H29N3O3S/c1-13(12-22(2)20)16-15(19)18-5-3-4-14(11-18)10-17-6-8-21-9-7-17/h13-14H,3-12H2,1-2H3,(H,16,19)/t13?,14-,22?/m1/s1. The summed E-state index contributed by atoms with van der Waals surface area (Å²) in [5, 5.41) is 2.97. The number of ether oxygens (including phenoxy) is 1. The monoisotopic (exact) mass is 331 g/mol. The summed E-state index contributed by atoms with van der Waals surface area (Å²) >= 11 is 0. The van der Waals surface area contributed by atoms with Crippen LogP contribution in [0.15, 0.2) is 0 Å². The Morgan fingerprint density at radius 3 is 2.77 bits per heavy atom. The van der Waals surface area contributed by atoms with Gasteiger partial charge in [0.15, 0.2) is 0 Å². The quantitative estimate of drug-likeness (QED) is 0.797. The van der Waals surface area contributed by atoms with Gasteiger partial charge >= 0.3 is 6.03 Å². The van der Waals surface area contributed by atoms with E-state index < -0.39 is 10.8 Å². The average molecular weight is 331 g/mol. The van der Waals surface area contributed by atoms with Gasteiger partial charge in [0.2, 0.25) is 0 Å². The molecule has 2 amide bonds. The van der Waals surface area contributed by atoms with Gasteiger partial charge in [-0.25, -0.2) is 4.79 Å². The highest BCUT2D eigenvalue weighted by molar-refractivity contribution is 7.84. The number of piperidine rings is 1. The van der Waals surface area contributed by atoms with E-state index in [2.05, 4.69) is 10.2 Å². The predicted octanol–water partition coefficient (Wildman–Crippen LogP) is 0.507. The number of likely N-dealkylation sites (tertiary alicyclic amines) is 1. The van der Waals surface area contributed by atoms with Gasteiger partial charge < -0.3 is 15.0 Å². The second kappa shape index (κ2) is 8.84. The lowest BCUT2D eigenvalue weighted by atomic mass is 9.97.